The van der Waals surface area contributed by atoms with Crippen LogP contribution in [-0.4, -0.2) is 35.7 Å². The molecule has 1 fully saturated rings. The van der Waals surface area contributed by atoms with E-state index in [0.717, 1.165) is 24.8 Å². The quantitative estimate of drug-likeness (QED) is 0.664. The zero-order valence-electron chi connectivity index (χ0n) is 18.6. The van der Waals surface area contributed by atoms with Crippen LogP contribution in [0.1, 0.15) is 55.1 Å². The van der Waals surface area contributed by atoms with Gasteiger partial charge in [-0.1, -0.05) is 44.2 Å². The average molecular weight is 418 g/mol. The Balaban J connectivity index is 1.52. The van der Waals surface area contributed by atoms with Crippen molar-refractivity contribution in [3.63, 3.8) is 0 Å². The molecule has 0 saturated carbocycles. The van der Waals surface area contributed by atoms with Crippen LogP contribution in [0.5, 0.6) is 0 Å². The van der Waals surface area contributed by atoms with Crippen molar-refractivity contribution in [1.82, 2.24) is 4.90 Å². The van der Waals surface area contributed by atoms with E-state index in [0.29, 0.717) is 30.3 Å². The van der Waals surface area contributed by atoms with E-state index >= 15 is 0 Å². The Morgan fingerprint density at radius 2 is 1.77 bits per heavy atom. The number of hydrogen-bond donors (Lipinski definition) is 1. The lowest BCUT2D eigenvalue weighted by Gasteiger charge is -2.34. The number of nitriles is 1. The first kappa shape index (κ1) is 22.7. The largest absolute Gasteiger partial charge is 0.325 e. The van der Waals surface area contributed by atoms with Crippen molar-refractivity contribution in [1.29, 1.82) is 5.26 Å². The molecule has 3 rings (SSSR count). The summed E-state index contributed by atoms with van der Waals surface area (Å²) in [6.45, 7) is 7.71. The number of rotatable bonds is 7. The number of carbonyl (C=O) groups is 2. The van der Waals surface area contributed by atoms with Gasteiger partial charge in [0.1, 0.15) is 0 Å². The number of piperidine rings is 1. The molecule has 1 unspecified atom stereocenters. The minimum absolute atomic E-state index is 0.00905. The monoisotopic (exact) mass is 417 g/mol. The van der Waals surface area contributed by atoms with Crippen LogP contribution in [0.4, 0.5) is 5.69 Å². The van der Waals surface area contributed by atoms with Crippen molar-refractivity contribution < 1.29 is 9.59 Å². The van der Waals surface area contributed by atoms with Gasteiger partial charge >= 0.3 is 0 Å². The zero-order valence-corrected chi connectivity index (χ0v) is 18.6. The molecule has 1 saturated heterocycles. The lowest BCUT2D eigenvalue weighted by Crippen LogP contribution is -2.47. The van der Waals surface area contributed by atoms with Crippen LogP contribution in [0.2, 0.25) is 0 Å². The van der Waals surface area contributed by atoms with Crippen molar-refractivity contribution >= 4 is 17.4 Å². The molecule has 1 atom stereocenters. The Hall–Kier alpha value is -2.97. The van der Waals surface area contributed by atoms with E-state index in [2.05, 4.69) is 42.3 Å². The molecular formula is C26H31N3O2. The molecule has 1 aliphatic heterocycles. The molecule has 1 aliphatic rings. The number of nitrogens with zero attached hydrogens (tertiary/aromatic N) is 2. The standard InChI is InChI=1S/C26H31N3O2/c1-18(2)15-20-7-9-22(10-8-20)25(30)23-11-13-29(14-12-23)19(3)26(31)28-24-6-4-5-21(16-24)17-27/h4-10,16,18-19,23H,11-15H2,1-3H3,(H,28,31). The van der Waals surface area contributed by atoms with Gasteiger partial charge in [0.25, 0.3) is 0 Å². The second-order valence-corrected chi connectivity index (χ2v) is 8.83. The maximum absolute atomic E-state index is 12.9. The van der Waals surface area contributed by atoms with Crippen LogP contribution < -0.4 is 5.32 Å². The number of ketones is 1. The van der Waals surface area contributed by atoms with Gasteiger partial charge in [0.05, 0.1) is 17.7 Å². The number of Topliss-reactive ketones (excluding diaryl/α,β-unsaturated/α-hetero) is 1. The van der Waals surface area contributed by atoms with E-state index in [1.807, 2.05) is 19.1 Å². The Bertz CT molecular complexity index is 951. The van der Waals surface area contributed by atoms with E-state index in [1.54, 1.807) is 24.3 Å². The molecule has 1 N–H and O–H groups in total. The SMILES string of the molecule is CC(C)Cc1ccc(C(=O)C2CCN(C(C)C(=O)Nc3cccc(C#N)c3)CC2)cc1. The van der Waals surface area contributed by atoms with Crippen LogP contribution in [0.15, 0.2) is 48.5 Å². The van der Waals surface area contributed by atoms with Crippen molar-refractivity contribution in [2.45, 2.75) is 46.1 Å². The summed E-state index contributed by atoms with van der Waals surface area (Å²) in [6, 6.07) is 16.7. The van der Waals surface area contributed by atoms with Crippen LogP contribution in [0.25, 0.3) is 0 Å². The van der Waals surface area contributed by atoms with E-state index < -0.39 is 0 Å². The highest BCUT2D eigenvalue weighted by Crippen LogP contribution is 2.24. The summed E-state index contributed by atoms with van der Waals surface area (Å²) < 4.78 is 0. The third kappa shape index (κ3) is 6.02. The lowest BCUT2D eigenvalue weighted by atomic mass is 9.88. The second-order valence-electron chi connectivity index (χ2n) is 8.83. The van der Waals surface area contributed by atoms with Crippen LogP contribution in [-0.2, 0) is 11.2 Å². The molecule has 0 aromatic heterocycles. The van der Waals surface area contributed by atoms with Crippen LogP contribution in [0, 0.1) is 23.2 Å². The van der Waals surface area contributed by atoms with Gasteiger partial charge in [-0.25, -0.2) is 0 Å². The van der Waals surface area contributed by atoms with Gasteiger partial charge in [-0.15, -0.1) is 0 Å². The predicted molar refractivity (Wildman–Crippen MR) is 123 cm³/mol. The summed E-state index contributed by atoms with van der Waals surface area (Å²) in [7, 11) is 0. The van der Waals surface area contributed by atoms with Crippen molar-refractivity contribution in [3.05, 3.63) is 65.2 Å². The molecule has 2 aromatic carbocycles. The second kappa shape index (κ2) is 10.4. The molecule has 31 heavy (non-hydrogen) atoms. The van der Waals surface area contributed by atoms with Gasteiger partial charge in [0, 0.05) is 17.2 Å². The minimum atomic E-state index is -0.294. The molecule has 5 heteroatoms. The number of likely N-dealkylation sites (tertiary alicyclic amines) is 1. The number of carbonyl (C=O) groups excluding carboxylic acids is 2. The lowest BCUT2D eigenvalue weighted by molar-refractivity contribution is -0.121. The van der Waals surface area contributed by atoms with Gasteiger partial charge < -0.3 is 5.32 Å². The molecular weight excluding hydrogens is 386 g/mol. The zero-order chi connectivity index (χ0) is 22.4. The summed E-state index contributed by atoms with van der Waals surface area (Å²) in [6.07, 6.45) is 2.54. The Labute approximate surface area is 185 Å². The normalized spacial score (nSPS) is 16.0. The Morgan fingerprint density at radius 3 is 2.39 bits per heavy atom. The molecule has 0 aliphatic carbocycles. The molecule has 2 aromatic rings. The van der Waals surface area contributed by atoms with Gasteiger partial charge in [0.15, 0.2) is 5.78 Å². The third-order valence-corrected chi connectivity index (χ3v) is 5.97. The summed E-state index contributed by atoms with van der Waals surface area (Å²) >= 11 is 0. The first-order valence-corrected chi connectivity index (χ1v) is 11.1. The maximum atomic E-state index is 12.9. The molecule has 0 bridgehead atoms. The number of benzene rings is 2. The third-order valence-electron chi connectivity index (χ3n) is 5.97. The van der Waals surface area contributed by atoms with Crippen molar-refractivity contribution in [2.75, 3.05) is 18.4 Å². The topological polar surface area (TPSA) is 73.2 Å². The first-order chi connectivity index (χ1) is 14.9. The summed E-state index contributed by atoms with van der Waals surface area (Å²) in [5.74, 6) is 0.719. The van der Waals surface area contributed by atoms with Gasteiger partial charge in [-0.05, 0) is 69.0 Å². The Morgan fingerprint density at radius 1 is 1.10 bits per heavy atom. The van der Waals surface area contributed by atoms with Crippen molar-refractivity contribution in [2.24, 2.45) is 11.8 Å². The van der Waals surface area contributed by atoms with Gasteiger partial charge in [0.2, 0.25) is 5.91 Å². The smallest absolute Gasteiger partial charge is 0.241 e. The summed E-state index contributed by atoms with van der Waals surface area (Å²) in [4.78, 5) is 27.7. The fourth-order valence-electron chi connectivity index (χ4n) is 4.14. The maximum Gasteiger partial charge on any atom is 0.241 e. The summed E-state index contributed by atoms with van der Waals surface area (Å²) in [5.41, 5.74) is 3.19. The number of hydrogen-bond acceptors (Lipinski definition) is 4. The van der Waals surface area contributed by atoms with Gasteiger partial charge in [-0.2, -0.15) is 5.26 Å². The highest BCUT2D eigenvalue weighted by Gasteiger charge is 2.30. The highest BCUT2D eigenvalue weighted by molar-refractivity contribution is 5.98. The fraction of sp³-hybridized carbons (Fsp3) is 0.423. The average Bonchev–Trinajstić information content (AvgIpc) is 2.78. The molecule has 1 amide bonds. The Kier molecular flexibility index (Phi) is 7.59. The fourth-order valence-corrected chi connectivity index (χ4v) is 4.14. The van der Waals surface area contributed by atoms with Crippen LogP contribution >= 0.6 is 0 Å². The number of nitrogens with one attached hydrogen (secondary N) is 1. The number of amides is 1. The molecule has 0 spiro atoms. The first-order valence-electron chi connectivity index (χ1n) is 11.1. The van der Waals surface area contributed by atoms with Gasteiger partial charge in [-0.3, -0.25) is 14.5 Å². The highest BCUT2D eigenvalue weighted by atomic mass is 16.2. The van der Waals surface area contributed by atoms with E-state index in [1.165, 1.54) is 5.56 Å². The van der Waals surface area contributed by atoms with Crippen LogP contribution in [0.3, 0.4) is 0 Å². The molecule has 5 nitrogen and oxygen atoms in total. The molecule has 162 valence electrons. The molecule has 0 radical (unpaired) electrons. The van der Waals surface area contributed by atoms with E-state index in [4.69, 9.17) is 5.26 Å². The number of anilines is 1. The van der Waals surface area contributed by atoms with Crippen molar-refractivity contribution in [3.8, 4) is 6.07 Å². The van der Waals surface area contributed by atoms with E-state index in [9.17, 15) is 9.59 Å². The van der Waals surface area contributed by atoms with E-state index in [-0.39, 0.29) is 23.7 Å². The summed E-state index contributed by atoms with van der Waals surface area (Å²) in [5, 5.41) is 11.9. The predicted octanol–water partition coefficient (Wildman–Crippen LogP) is 4.68. The minimum Gasteiger partial charge on any atom is -0.325 e. The molecule has 1 heterocycles.